The molecule has 21 heavy (non-hydrogen) atoms. The standard InChI is InChI=1S/C16H18N4O/c1-16(10-21,12-6-4-3-5-7-12)19-15-14-13(8-9-17-15)20(2)11-18-14/h3-9,11,21H,10H2,1-2H3,(H,17,19). The van der Waals surface area contributed by atoms with Crippen LogP contribution in [-0.4, -0.2) is 26.2 Å². The molecule has 0 bridgehead atoms. The highest BCUT2D eigenvalue weighted by Crippen LogP contribution is 2.28. The summed E-state index contributed by atoms with van der Waals surface area (Å²) in [7, 11) is 1.95. The molecule has 2 N–H and O–H groups in total. The molecule has 0 aliphatic heterocycles. The fourth-order valence-electron chi connectivity index (χ4n) is 2.42. The number of benzene rings is 1. The van der Waals surface area contributed by atoms with Crippen molar-refractivity contribution in [3.05, 3.63) is 54.5 Å². The second-order valence-electron chi connectivity index (χ2n) is 5.36. The smallest absolute Gasteiger partial charge is 0.154 e. The van der Waals surface area contributed by atoms with Gasteiger partial charge in [0.1, 0.15) is 5.52 Å². The number of fused-ring (bicyclic) bond motifs is 1. The van der Waals surface area contributed by atoms with Crippen molar-refractivity contribution in [1.29, 1.82) is 0 Å². The van der Waals surface area contributed by atoms with Gasteiger partial charge in [-0.3, -0.25) is 0 Å². The van der Waals surface area contributed by atoms with Gasteiger partial charge in [0.2, 0.25) is 0 Å². The van der Waals surface area contributed by atoms with Crippen LogP contribution in [0.1, 0.15) is 12.5 Å². The first-order valence-electron chi connectivity index (χ1n) is 6.85. The van der Waals surface area contributed by atoms with Crippen molar-refractivity contribution in [2.45, 2.75) is 12.5 Å². The van der Waals surface area contributed by atoms with Crippen LogP contribution in [0.2, 0.25) is 0 Å². The van der Waals surface area contributed by atoms with Crippen LogP contribution in [0.25, 0.3) is 11.0 Å². The van der Waals surface area contributed by atoms with Gasteiger partial charge in [-0.1, -0.05) is 30.3 Å². The molecule has 1 unspecified atom stereocenters. The topological polar surface area (TPSA) is 63.0 Å². The Balaban J connectivity index is 2.04. The SMILES string of the molecule is Cn1cnc2c(NC(C)(CO)c3ccccc3)nccc21. The summed E-state index contributed by atoms with van der Waals surface area (Å²) in [5, 5.41) is 13.2. The van der Waals surface area contributed by atoms with Gasteiger partial charge in [-0.05, 0) is 18.6 Å². The van der Waals surface area contributed by atoms with Crippen LogP contribution in [0.5, 0.6) is 0 Å². The molecule has 2 aromatic heterocycles. The lowest BCUT2D eigenvalue weighted by Gasteiger charge is -2.30. The molecule has 108 valence electrons. The molecule has 0 saturated carbocycles. The molecule has 0 amide bonds. The van der Waals surface area contributed by atoms with Gasteiger partial charge in [-0.2, -0.15) is 0 Å². The Hall–Kier alpha value is -2.40. The average Bonchev–Trinajstić information content (AvgIpc) is 2.91. The minimum absolute atomic E-state index is 0.0398. The number of hydrogen-bond donors (Lipinski definition) is 2. The van der Waals surface area contributed by atoms with Gasteiger partial charge < -0.3 is 15.0 Å². The molecule has 0 fully saturated rings. The summed E-state index contributed by atoms with van der Waals surface area (Å²) >= 11 is 0. The molecule has 2 heterocycles. The van der Waals surface area contributed by atoms with Gasteiger partial charge in [-0.15, -0.1) is 0 Å². The summed E-state index contributed by atoms with van der Waals surface area (Å²) in [5.41, 5.74) is 2.19. The molecule has 1 atom stereocenters. The summed E-state index contributed by atoms with van der Waals surface area (Å²) in [6.45, 7) is 1.91. The first kappa shape index (κ1) is 13.6. The van der Waals surface area contributed by atoms with E-state index in [1.54, 1.807) is 12.5 Å². The van der Waals surface area contributed by atoms with Crippen LogP contribution in [0, 0.1) is 0 Å². The molecule has 1 aromatic carbocycles. The fraction of sp³-hybridized carbons (Fsp3) is 0.250. The molecule has 0 aliphatic carbocycles. The highest BCUT2D eigenvalue weighted by atomic mass is 16.3. The van der Waals surface area contributed by atoms with Crippen molar-refractivity contribution in [3.8, 4) is 0 Å². The molecule has 0 spiro atoms. The van der Waals surface area contributed by atoms with Crippen LogP contribution < -0.4 is 5.32 Å². The number of hydrogen-bond acceptors (Lipinski definition) is 4. The normalized spacial score (nSPS) is 14.0. The van der Waals surface area contributed by atoms with Crippen LogP contribution in [-0.2, 0) is 12.6 Å². The first-order chi connectivity index (χ1) is 10.1. The number of pyridine rings is 1. The zero-order valence-corrected chi connectivity index (χ0v) is 12.1. The van der Waals surface area contributed by atoms with Crippen molar-refractivity contribution in [3.63, 3.8) is 0 Å². The lowest BCUT2D eigenvalue weighted by atomic mass is 9.93. The van der Waals surface area contributed by atoms with E-state index in [9.17, 15) is 5.11 Å². The molecule has 5 nitrogen and oxygen atoms in total. The van der Waals surface area contributed by atoms with E-state index in [1.807, 2.05) is 54.9 Å². The summed E-state index contributed by atoms with van der Waals surface area (Å²) in [5.74, 6) is 0.675. The summed E-state index contributed by atoms with van der Waals surface area (Å²) in [6, 6.07) is 11.8. The van der Waals surface area contributed by atoms with Gasteiger partial charge in [-0.25, -0.2) is 9.97 Å². The van der Waals surface area contributed by atoms with Gasteiger partial charge in [0, 0.05) is 13.2 Å². The Morgan fingerprint density at radius 1 is 1.19 bits per heavy atom. The molecule has 3 aromatic rings. The van der Waals surface area contributed by atoms with E-state index in [0.717, 1.165) is 16.6 Å². The Bertz CT molecular complexity index is 753. The molecule has 0 radical (unpaired) electrons. The van der Waals surface area contributed by atoms with E-state index < -0.39 is 5.54 Å². The predicted molar refractivity (Wildman–Crippen MR) is 83.0 cm³/mol. The van der Waals surface area contributed by atoms with Crippen molar-refractivity contribution >= 4 is 16.9 Å². The molecular weight excluding hydrogens is 264 g/mol. The zero-order valence-electron chi connectivity index (χ0n) is 12.1. The number of aryl methyl sites for hydroxylation is 1. The predicted octanol–water partition coefficient (Wildman–Crippen LogP) is 2.29. The highest BCUT2D eigenvalue weighted by molar-refractivity contribution is 5.86. The largest absolute Gasteiger partial charge is 0.394 e. The van der Waals surface area contributed by atoms with Gasteiger partial charge >= 0.3 is 0 Å². The van der Waals surface area contributed by atoms with E-state index in [1.165, 1.54) is 0 Å². The van der Waals surface area contributed by atoms with Gasteiger partial charge in [0.05, 0.1) is 24.0 Å². The minimum atomic E-state index is -0.611. The Morgan fingerprint density at radius 2 is 1.95 bits per heavy atom. The van der Waals surface area contributed by atoms with E-state index in [-0.39, 0.29) is 6.61 Å². The molecule has 0 aliphatic rings. The van der Waals surface area contributed by atoms with E-state index in [4.69, 9.17) is 0 Å². The maximum absolute atomic E-state index is 9.86. The third-order valence-corrected chi connectivity index (χ3v) is 3.76. The number of aromatic nitrogens is 3. The van der Waals surface area contributed by atoms with Crippen molar-refractivity contribution in [2.24, 2.45) is 7.05 Å². The second kappa shape index (κ2) is 5.18. The van der Waals surface area contributed by atoms with Crippen molar-refractivity contribution < 1.29 is 5.11 Å². The number of nitrogens with one attached hydrogen (secondary N) is 1. The lowest BCUT2D eigenvalue weighted by molar-refractivity contribution is 0.224. The second-order valence-corrected chi connectivity index (χ2v) is 5.36. The average molecular weight is 282 g/mol. The number of imidazole rings is 1. The first-order valence-corrected chi connectivity index (χ1v) is 6.85. The zero-order chi connectivity index (χ0) is 14.9. The Kier molecular flexibility index (Phi) is 3.35. The molecule has 3 rings (SSSR count). The highest BCUT2D eigenvalue weighted by Gasteiger charge is 2.27. The maximum Gasteiger partial charge on any atom is 0.154 e. The summed E-state index contributed by atoms with van der Waals surface area (Å²) in [6.07, 6.45) is 3.51. The van der Waals surface area contributed by atoms with Crippen molar-refractivity contribution in [2.75, 3.05) is 11.9 Å². The monoisotopic (exact) mass is 282 g/mol. The quantitative estimate of drug-likeness (QED) is 0.770. The van der Waals surface area contributed by atoms with Gasteiger partial charge in [0.25, 0.3) is 0 Å². The number of nitrogens with zero attached hydrogens (tertiary/aromatic N) is 3. The number of anilines is 1. The summed E-state index contributed by atoms with van der Waals surface area (Å²) < 4.78 is 1.95. The Labute approximate surface area is 123 Å². The molecule has 5 heteroatoms. The number of rotatable bonds is 4. The minimum Gasteiger partial charge on any atom is -0.394 e. The molecule has 0 saturated heterocycles. The number of aliphatic hydroxyl groups is 1. The van der Waals surface area contributed by atoms with E-state index in [0.29, 0.717) is 5.82 Å². The maximum atomic E-state index is 9.86. The van der Waals surface area contributed by atoms with Crippen LogP contribution in [0.3, 0.4) is 0 Å². The van der Waals surface area contributed by atoms with E-state index in [2.05, 4.69) is 15.3 Å². The van der Waals surface area contributed by atoms with Crippen molar-refractivity contribution in [1.82, 2.24) is 14.5 Å². The Morgan fingerprint density at radius 3 is 2.67 bits per heavy atom. The third kappa shape index (κ3) is 2.36. The molecular formula is C16H18N4O. The van der Waals surface area contributed by atoms with Crippen LogP contribution >= 0.6 is 0 Å². The van der Waals surface area contributed by atoms with Crippen LogP contribution in [0.15, 0.2) is 48.9 Å². The lowest BCUT2D eigenvalue weighted by Crippen LogP contribution is -2.36. The third-order valence-electron chi connectivity index (χ3n) is 3.76. The summed E-state index contributed by atoms with van der Waals surface area (Å²) in [4.78, 5) is 8.77. The number of aliphatic hydroxyl groups excluding tert-OH is 1. The van der Waals surface area contributed by atoms with Gasteiger partial charge in [0.15, 0.2) is 5.82 Å². The van der Waals surface area contributed by atoms with Crippen LogP contribution in [0.4, 0.5) is 5.82 Å². The van der Waals surface area contributed by atoms with E-state index >= 15 is 0 Å². The fourth-order valence-corrected chi connectivity index (χ4v) is 2.42.